The summed E-state index contributed by atoms with van der Waals surface area (Å²) in [7, 11) is 0. The second-order valence-corrected chi connectivity index (χ2v) is 4.34. The zero-order valence-corrected chi connectivity index (χ0v) is 11.3. The second kappa shape index (κ2) is 6.81. The molecule has 0 bridgehead atoms. The molecule has 0 heterocycles. The monoisotopic (exact) mass is 254 g/mol. The minimum atomic E-state index is 0.645. The first-order chi connectivity index (χ1) is 9.28. The maximum absolute atomic E-state index is 5.35. The Bertz CT molecular complexity index is 530. The Hall–Kier alpha value is -2.00. The van der Waals surface area contributed by atoms with Gasteiger partial charge in [0.15, 0.2) is 0 Å². The lowest BCUT2D eigenvalue weighted by Gasteiger charge is -2.01. The first-order valence-corrected chi connectivity index (χ1v) is 6.43. The van der Waals surface area contributed by atoms with E-state index in [2.05, 4.69) is 17.2 Å². The molecule has 0 spiro atoms. The summed E-state index contributed by atoms with van der Waals surface area (Å²) in [6.45, 7) is 5.42. The van der Waals surface area contributed by atoms with Crippen molar-refractivity contribution in [3.8, 4) is 0 Å². The fourth-order valence-corrected chi connectivity index (χ4v) is 1.61. The molecule has 0 radical (unpaired) electrons. The highest BCUT2D eigenvalue weighted by Gasteiger charge is 1.94. The normalized spacial score (nSPS) is 11.1. The van der Waals surface area contributed by atoms with Gasteiger partial charge >= 0.3 is 0 Å². The number of ether oxygens (including phenoxy) is 1. The molecule has 0 aliphatic heterocycles. The van der Waals surface area contributed by atoms with Crippen molar-refractivity contribution in [2.24, 2.45) is 10.2 Å². The minimum Gasteiger partial charge on any atom is -0.377 e. The molecule has 2 aromatic rings. The quantitative estimate of drug-likeness (QED) is 0.695. The summed E-state index contributed by atoms with van der Waals surface area (Å²) in [4.78, 5) is 0. The van der Waals surface area contributed by atoms with Crippen LogP contribution in [-0.4, -0.2) is 6.61 Å². The Kier molecular flexibility index (Phi) is 4.81. The Morgan fingerprint density at radius 3 is 1.89 bits per heavy atom. The van der Waals surface area contributed by atoms with Crippen molar-refractivity contribution < 1.29 is 4.74 Å². The van der Waals surface area contributed by atoms with Crippen molar-refractivity contribution in [3.63, 3.8) is 0 Å². The summed E-state index contributed by atoms with van der Waals surface area (Å²) in [6, 6.07) is 15.9. The van der Waals surface area contributed by atoms with Gasteiger partial charge in [-0.1, -0.05) is 29.8 Å². The van der Waals surface area contributed by atoms with Gasteiger partial charge in [0.25, 0.3) is 0 Å². The maximum Gasteiger partial charge on any atom is 0.0857 e. The molecule has 0 aromatic heterocycles. The highest BCUT2D eigenvalue weighted by molar-refractivity contribution is 5.41. The van der Waals surface area contributed by atoms with Crippen molar-refractivity contribution in [2.45, 2.75) is 20.5 Å². The van der Waals surface area contributed by atoms with Crippen molar-refractivity contribution in [3.05, 3.63) is 59.7 Å². The largest absolute Gasteiger partial charge is 0.377 e. The molecule has 2 rings (SSSR count). The van der Waals surface area contributed by atoms with Crippen LogP contribution in [0.5, 0.6) is 0 Å². The SMILES string of the molecule is CCOCc1ccc(N=Nc2ccc(C)cc2)cc1. The lowest BCUT2D eigenvalue weighted by atomic mass is 10.2. The topological polar surface area (TPSA) is 34.0 Å². The summed E-state index contributed by atoms with van der Waals surface area (Å²) >= 11 is 0. The van der Waals surface area contributed by atoms with E-state index in [1.54, 1.807) is 0 Å². The van der Waals surface area contributed by atoms with Crippen LogP contribution in [0.4, 0.5) is 11.4 Å². The van der Waals surface area contributed by atoms with Crippen molar-refractivity contribution in [2.75, 3.05) is 6.61 Å². The lowest BCUT2D eigenvalue weighted by Crippen LogP contribution is -1.90. The van der Waals surface area contributed by atoms with Gasteiger partial charge in [0.05, 0.1) is 18.0 Å². The number of nitrogens with zero attached hydrogens (tertiary/aromatic N) is 2. The van der Waals surface area contributed by atoms with E-state index in [0.29, 0.717) is 6.61 Å². The van der Waals surface area contributed by atoms with Crippen LogP contribution < -0.4 is 0 Å². The molecule has 0 fully saturated rings. The molecule has 2 aromatic carbocycles. The number of hydrogen-bond acceptors (Lipinski definition) is 3. The van der Waals surface area contributed by atoms with Gasteiger partial charge in [-0.3, -0.25) is 0 Å². The van der Waals surface area contributed by atoms with Crippen molar-refractivity contribution in [1.82, 2.24) is 0 Å². The molecule has 3 nitrogen and oxygen atoms in total. The molecule has 0 aliphatic rings. The van der Waals surface area contributed by atoms with Gasteiger partial charge < -0.3 is 4.74 Å². The third kappa shape index (κ3) is 4.30. The molecule has 0 unspecified atom stereocenters. The Morgan fingerprint density at radius 1 is 0.842 bits per heavy atom. The number of benzene rings is 2. The van der Waals surface area contributed by atoms with Crippen LogP contribution in [0.15, 0.2) is 58.8 Å². The molecule has 0 saturated heterocycles. The van der Waals surface area contributed by atoms with E-state index < -0.39 is 0 Å². The van der Waals surface area contributed by atoms with E-state index in [0.717, 1.165) is 23.5 Å². The third-order valence-corrected chi connectivity index (χ3v) is 2.72. The van der Waals surface area contributed by atoms with Crippen LogP contribution in [0.3, 0.4) is 0 Å². The highest BCUT2D eigenvalue weighted by Crippen LogP contribution is 2.19. The molecule has 98 valence electrons. The average molecular weight is 254 g/mol. The Balaban J connectivity index is 2.00. The standard InChI is InChI=1S/C16H18N2O/c1-3-19-12-14-6-10-16(11-7-14)18-17-15-8-4-13(2)5-9-15/h4-11H,3,12H2,1-2H3. The van der Waals surface area contributed by atoms with Crippen LogP contribution in [0.25, 0.3) is 0 Å². The van der Waals surface area contributed by atoms with E-state index in [9.17, 15) is 0 Å². The van der Waals surface area contributed by atoms with E-state index >= 15 is 0 Å². The summed E-state index contributed by atoms with van der Waals surface area (Å²) < 4.78 is 5.35. The van der Waals surface area contributed by atoms with Crippen LogP contribution >= 0.6 is 0 Å². The molecule has 3 heteroatoms. The van der Waals surface area contributed by atoms with Crippen LogP contribution in [-0.2, 0) is 11.3 Å². The van der Waals surface area contributed by atoms with Crippen LogP contribution in [0, 0.1) is 6.92 Å². The van der Waals surface area contributed by atoms with E-state index in [-0.39, 0.29) is 0 Å². The van der Waals surface area contributed by atoms with Gasteiger partial charge in [-0.05, 0) is 43.7 Å². The van der Waals surface area contributed by atoms with E-state index in [1.807, 2.05) is 55.5 Å². The minimum absolute atomic E-state index is 0.645. The number of aryl methyl sites for hydroxylation is 1. The fraction of sp³-hybridized carbons (Fsp3) is 0.250. The predicted octanol–water partition coefficient (Wildman–Crippen LogP) is 4.95. The second-order valence-electron chi connectivity index (χ2n) is 4.34. The summed E-state index contributed by atoms with van der Waals surface area (Å²) in [5, 5.41) is 8.41. The first kappa shape index (κ1) is 13.4. The van der Waals surface area contributed by atoms with Gasteiger partial charge in [-0.15, -0.1) is 0 Å². The smallest absolute Gasteiger partial charge is 0.0857 e. The van der Waals surface area contributed by atoms with Crippen molar-refractivity contribution >= 4 is 11.4 Å². The third-order valence-electron chi connectivity index (χ3n) is 2.72. The molecule has 0 N–H and O–H groups in total. The zero-order valence-electron chi connectivity index (χ0n) is 11.3. The van der Waals surface area contributed by atoms with Crippen LogP contribution in [0.1, 0.15) is 18.1 Å². The van der Waals surface area contributed by atoms with E-state index in [4.69, 9.17) is 4.74 Å². The number of azo groups is 1. The lowest BCUT2D eigenvalue weighted by molar-refractivity contribution is 0.134. The highest BCUT2D eigenvalue weighted by atomic mass is 16.5. The summed E-state index contributed by atoms with van der Waals surface area (Å²) in [6.07, 6.45) is 0. The molecule has 19 heavy (non-hydrogen) atoms. The zero-order chi connectivity index (χ0) is 13.5. The fourth-order valence-electron chi connectivity index (χ4n) is 1.61. The van der Waals surface area contributed by atoms with Gasteiger partial charge in [0.2, 0.25) is 0 Å². The average Bonchev–Trinajstić information content (AvgIpc) is 2.46. The van der Waals surface area contributed by atoms with Crippen LogP contribution in [0.2, 0.25) is 0 Å². The molecule has 0 saturated carbocycles. The molecule has 0 amide bonds. The summed E-state index contributed by atoms with van der Waals surface area (Å²) in [5.41, 5.74) is 4.08. The van der Waals surface area contributed by atoms with E-state index in [1.165, 1.54) is 5.56 Å². The predicted molar refractivity (Wildman–Crippen MR) is 77.1 cm³/mol. The maximum atomic E-state index is 5.35. The number of rotatable bonds is 5. The number of hydrogen-bond donors (Lipinski definition) is 0. The molecular formula is C16H18N2O. The molecular weight excluding hydrogens is 236 g/mol. The first-order valence-electron chi connectivity index (χ1n) is 6.43. The van der Waals surface area contributed by atoms with Gasteiger partial charge in [-0.25, -0.2) is 0 Å². The Morgan fingerprint density at radius 2 is 1.37 bits per heavy atom. The van der Waals surface area contributed by atoms with Gasteiger partial charge in [-0.2, -0.15) is 10.2 Å². The van der Waals surface area contributed by atoms with Gasteiger partial charge in [0, 0.05) is 6.61 Å². The van der Waals surface area contributed by atoms with Gasteiger partial charge in [0.1, 0.15) is 0 Å². The molecule has 0 atom stereocenters. The Labute approximate surface area is 114 Å². The molecule has 0 aliphatic carbocycles. The van der Waals surface area contributed by atoms with Crippen molar-refractivity contribution in [1.29, 1.82) is 0 Å². The summed E-state index contributed by atoms with van der Waals surface area (Å²) in [5.74, 6) is 0.